The average Bonchev–Trinajstić information content (AvgIpc) is 2.88. The monoisotopic (exact) mass is 274 g/mol. The molecule has 2 aromatic rings. The van der Waals surface area contributed by atoms with Gasteiger partial charge in [0.1, 0.15) is 0 Å². The molecule has 1 aromatic carbocycles. The first-order valence-corrected chi connectivity index (χ1v) is 6.68. The molecule has 2 rings (SSSR count). The Kier molecular flexibility index (Phi) is 3.97. The molecule has 0 saturated heterocycles. The molecule has 0 bridgehead atoms. The Morgan fingerprint density at radius 2 is 1.89 bits per heavy atom. The van der Waals surface area contributed by atoms with Crippen LogP contribution in [0.15, 0.2) is 35.7 Å². The van der Waals surface area contributed by atoms with Gasteiger partial charge in [0.25, 0.3) is 5.91 Å². The number of rotatable bonds is 2. The predicted octanol–water partition coefficient (Wildman–Crippen LogP) is 3.33. The largest absolute Gasteiger partial charge is 0.326 e. The minimum absolute atomic E-state index is 0.391. The Bertz CT molecular complexity index is 606. The van der Waals surface area contributed by atoms with Crippen LogP contribution < -0.4 is 10.6 Å². The van der Waals surface area contributed by atoms with E-state index in [-0.39, 0.29) is 0 Å². The van der Waals surface area contributed by atoms with Gasteiger partial charge in [0.2, 0.25) is 0 Å². The summed E-state index contributed by atoms with van der Waals surface area (Å²) in [5, 5.41) is 6.77. The number of aryl methyl sites for hydroxylation is 1. The van der Waals surface area contributed by atoms with Gasteiger partial charge in [-0.25, -0.2) is 4.79 Å². The minimum Gasteiger partial charge on any atom is -0.307 e. The second-order valence-corrected chi connectivity index (χ2v) is 5.08. The number of urea groups is 1. The van der Waals surface area contributed by atoms with Crippen LogP contribution in [0.2, 0.25) is 0 Å². The van der Waals surface area contributed by atoms with Crippen LogP contribution in [0.3, 0.4) is 0 Å². The molecule has 2 N–H and O–H groups in total. The molecule has 0 aliphatic rings. The van der Waals surface area contributed by atoms with Crippen molar-refractivity contribution in [2.75, 3.05) is 5.32 Å². The van der Waals surface area contributed by atoms with Crippen molar-refractivity contribution in [1.82, 2.24) is 5.32 Å². The van der Waals surface area contributed by atoms with Crippen LogP contribution in [-0.2, 0) is 0 Å². The van der Waals surface area contributed by atoms with E-state index in [1.54, 1.807) is 23.6 Å². The van der Waals surface area contributed by atoms with Gasteiger partial charge in [0.15, 0.2) is 0 Å². The maximum atomic E-state index is 11.7. The molecule has 1 heterocycles. The Morgan fingerprint density at radius 3 is 2.58 bits per heavy atom. The van der Waals surface area contributed by atoms with E-state index in [0.29, 0.717) is 10.6 Å². The number of anilines is 1. The van der Waals surface area contributed by atoms with Crippen LogP contribution >= 0.6 is 11.3 Å². The third-order valence-corrected chi connectivity index (χ3v) is 3.69. The molecule has 19 heavy (non-hydrogen) atoms. The summed E-state index contributed by atoms with van der Waals surface area (Å²) in [5.41, 5.74) is 2.78. The second-order valence-electron chi connectivity index (χ2n) is 4.13. The molecule has 0 fully saturated rings. The van der Waals surface area contributed by atoms with Crippen molar-refractivity contribution in [3.8, 4) is 0 Å². The molecular formula is C14H14N2O2S. The Hall–Kier alpha value is -2.14. The summed E-state index contributed by atoms with van der Waals surface area (Å²) in [6, 6.07) is 8.55. The second kappa shape index (κ2) is 5.67. The van der Waals surface area contributed by atoms with Gasteiger partial charge in [-0.05, 0) is 42.5 Å². The Labute approximate surface area is 115 Å². The zero-order valence-electron chi connectivity index (χ0n) is 10.7. The molecule has 3 amide bonds. The van der Waals surface area contributed by atoms with Crippen molar-refractivity contribution in [3.63, 3.8) is 0 Å². The van der Waals surface area contributed by atoms with Crippen molar-refractivity contribution in [3.05, 3.63) is 51.7 Å². The molecule has 0 unspecified atom stereocenters. The molecular weight excluding hydrogens is 260 g/mol. The zero-order valence-corrected chi connectivity index (χ0v) is 11.5. The van der Waals surface area contributed by atoms with Crippen LogP contribution in [0.5, 0.6) is 0 Å². The highest BCUT2D eigenvalue weighted by atomic mass is 32.1. The summed E-state index contributed by atoms with van der Waals surface area (Å²) < 4.78 is 0. The maximum Gasteiger partial charge on any atom is 0.326 e. The van der Waals surface area contributed by atoms with Gasteiger partial charge in [0, 0.05) is 5.69 Å². The first kappa shape index (κ1) is 13.3. The lowest BCUT2D eigenvalue weighted by molar-refractivity contribution is 0.0971. The maximum absolute atomic E-state index is 11.7. The fraction of sp³-hybridized carbons (Fsp3) is 0.143. The van der Waals surface area contributed by atoms with Crippen molar-refractivity contribution < 1.29 is 9.59 Å². The topological polar surface area (TPSA) is 58.2 Å². The van der Waals surface area contributed by atoms with Gasteiger partial charge < -0.3 is 5.32 Å². The van der Waals surface area contributed by atoms with E-state index in [4.69, 9.17) is 0 Å². The number of imide groups is 1. The van der Waals surface area contributed by atoms with Gasteiger partial charge in [-0.3, -0.25) is 10.1 Å². The number of hydrogen-bond donors (Lipinski definition) is 2. The van der Waals surface area contributed by atoms with Crippen molar-refractivity contribution in [1.29, 1.82) is 0 Å². The smallest absolute Gasteiger partial charge is 0.307 e. The third kappa shape index (κ3) is 3.20. The lowest BCUT2D eigenvalue weighted by Gasteiger charge is -2.10. The van der Waals surface area contributed by atoms with E-state index in [9.17, 15) is 9.59 Å². The van der Waals surface area contributed by atoms with E-state index >= 15 is 0 Å². The number of benzene rings is 1. The van der Waals surface area contributed by atoms with Crippen LogP contribution in [0.4, 0.5) is 10.5 Å². The highest BCUT2D eigenvalue weighted by molar-refractivity contribution is 7.12. The average molecular weight is 274 g/mol. The molecule has 0 saturated carbocycles. The van der Waals surface area contributed by atoms with E-state index in [2.05, 4.69) is 10.6 Å². The molecule has 0 aliphatic carbocycles. The molecule has 0 aliphatic heterocycles. The van der Waals surface area contributed by atoms with Gasteiger partial charge in [-0.15, -0.1) is 11.3 Å². The van der Waals surface area contributed by atoms with Gasteiger partial charge in [-0.1, -0.05) is 18.2 Å². The predicted molar refractivity (Wildman–Crippen MR) is 76.7 cm³/mol. The highest BCUT2D eigenvalue weighted by Gasteiger charge is 2.12. The van der Waals surface area contributed by atoms with E-state index in [1.165, 1.54) is 11.3 Å². The quantitative estimate of drug-likeness (QED) is 0.882. The summed E-state index contributed by atoms with van der Waals surface area (Å²) in [6.45, 7) is 3.89. The first-order valence-electron chi connectivity index (χ1n) is 5.80. The van der Waals surface area contributed by atoms with E-state index in [0.717, 1.165) is 11.1 Å². The van der Waals surface area contributed by atoms with Crippen molar-refractivity contribution in [2.45, 2.75) is 13.8 Å². The van der Waals surface area contributed by atoms with Crippen molar-refractivity contribution >= 4 is 29.0 Å². The summed E-state index contributed by atoms with van der Waals surface area (Å²) >= 11 is 1.29. The molecule has 4 nitrogen and oxygen atoms in total. The summed E-state index contributed by atoms with van der Waals surface area (Å²) in [5.74, 6) is -0.391. The van der Waals surface area contributed by atoms with Gasteiger partial charge >= 0.3 is 6.03 Å². The Balaban J connectivity index is 2.02. The van der Waals surface area contributed by atoms with Crippen LogP contribution in [0.1, 0.15) is 20.8 Å². The number of amides is 3. The molecule has 5 heteroatoms. The molecule has 98 valence electrons. The molecule has 0 spiro atoms. The normalized spacial score (nSPS) is 10.0. The Morgan fingerprint density at radius 1 is 1.11 bits per heavy atom. The lowest BCUT2D eigenvalue weighted by atomic mass is 10.1. The fourth-order valence-corrected chi connectivity index (χ4v) is 2.23. The summed E-state index contributed by atoms with van der Waals surface area (Å²) in [4.78, 5) is 24.0. The number of carbonyl (C=O) groups excluding carboxylic acids is 2. The fourth-order valence-electron chi connectivity index (χ4n) is 1.61. The van der Waals surface area contributed by atoms with Crippen LogP contribution in [-0.4, -0.2) is 11.9 Å². The molecule has 1 aromatic heterocycles. The summed E-state index contributed by atoms with van der Waals surface area (Å²) in [7, 11) is 0. The third-order valence-electron chi connectivity index (χ3n) is 2.82. The van der Waals surface area contributed by atoms with Crippen molar-refractivity contribution in [2.24, 2.45) is 0 Å². The minimum atomic E-state index is -0.521. The molecule has 0 atom stereocenters. The SMILES string of the molecule is Cc1cccc(NC(=O)NC(=O)c2cccs2)c1C. The summed E-state index contributed by atoms with van der Waals surface area (Å²) in [6.07, 6.45) is 0. The standard InChI is InChI=1S/C14H14N2O2S/c1-9-5-3-6-11(10(9)2)15-14(18)16-13(17)12-7-4-8-19-12/h3-8H,1-2H3,(H2,15,16,17,18). The number of hydrogen-bond acceptors (Lipinski definition) is 3. The number of nitrogens with one attached hydrogen (secondary N) is 2. The van der Waals surface area contributed by atoms with E-state index in [1.807, 2.05) is 26.0 Å². The van der Waals surface area contributed by atoms with Crippen LogP contribution in [0.25, 0.3) is 0 Å². The number of carbonyl (C=O) groups is 2. The van der Waals surface area contributed by atoms with Gasteiger partial charge in [0.05, 0.1) is 4.88 Å². The molecule has 0 radical (unpaired) electrons. The highest BCUT2D eigenvalue weighted by Crippen LogP contribution is 2.17. The van der Waals surface area contributed by atoms with Crippen LogP contribution in [0, 0.1) is 13.8 Å². The van der Waals surface area contributed by atoms with Gasteiger partial charge in [-0.2, -0.15) is 0 Å². The zero-order chi connectivity index (χ0) is 13.8. The number of thiophene rings is 1. The first-order chi connectivity index (χ1) is 9.08. The van der Waals surface area contributed by atoms with E-state index < -0.39 is 11.9 Å². The lowest BCUT2D eigenvalue weighted by Crippen LogP contribution is -2.34.